The third kappa shape index (κ3) is 2.28. The first-order valence-electron chi connectivity index (χ1n) is 5.28. The molecule has 0 aromatic rings. The fraction of sp³-hybridized carbons (Fsp3) is 1.00. The van der Waals surface area contributed by atoms with Gasteiger partial charge in [-0.1, -0.05) is 27.7 Å². The average Bonchev–Trinajstić information content (AvgIpc) is 1.76. The quantitative estimate of drug-likeness (QED) is 0.726. The largest absolute Gasteiger partial charge is 0.214 e. The molecule has 0 saturated carbocycles. The van der Waals surface area contributed by atoms with Crippen molar-refractivity contribution in [3.05, 3.63) is 0 Å². The van der Waals surface area contributed by atoms with Crippen molar-refractivity contribution in [2.24, 2.45) is 5.41 Å². The van der Waals surface area contributed by atoms with Gasteiger partial charge in [-0.2, -0.15) is 4.31 Å². The van der Waals surface area contributed by atoms with Crippen molar-refractivity contribution in [2.45, 2.75) is 46.6 Å². The van der Waals surface area contributed by atoms with Gasteiger partial charge in [-0.3, -0.25) is 0 Å². The van der Waals surface area contributed by atoms with Crippen LogP contribution in [0.1, 0.15) is 40.5 Å². The summed E-state index contributed by atoms with van der Waals surface area (Å²) in [5.74, 6) is 0.291. The van der Waals surface area contributed by atoms with Crippen molar-refractivity contribution < 1.29 is 8.42 Å². The molecule has 1 aliphatic rings. The van der Waals surface area contributed by atoms with E-state index in [4.69, 9.17) is 0 Å². The van der Waals surface area contributed by atoms with Crippen LogP contribution >= 0.6 is 0 Å². The van der Waals surface area contributed by atoms with Gasteiger partial charge in [0.15, 0.2) is 0 Å². The van der Waals surface area contributed by atoms with Crippen molar-refractivity contribution in [2.75, 3.05) is 12.3 Å². The number of hydrogen-bond donors (Lipinski definition) is 0. The SMILES string of the molecule is CCCS(=O)(=O)N1CCC1C(C)(C)C. The average molecular weight is 219 g/mol. The molecule has 1 aliphatic heterocycles. The molecule has 1 unspecified atom stereocenters. The Labute approximate surface area is 87.5 Å². The topological polar surface area (TPSA) is 37.4 Å². The van der Waals surface area contributed by atoms with E-state index in [2.05, 4.69) is 20.8 Å². The van der Waals surface area contributed by atoms with Crippen LogP contribution in [0.5, 0.6) is 0 Å². The fourth-order valence-corrected chi connectivity index (χ4v) is 3.88. The van der Waals surface area contributed by atoms with Crippen LogP contribution < -0.4 is 0 Å². The highest BCUT2D eigenvalue weighted by molar-refractivity contribution is 7.89. The van der Waals surface area contributed by atoms with E-state index in [0.29, 0.717) is 18.7 Å². The molecule has 0 amide bonds. The summed E-state index contributed by atoms with van der Waals surface area (Å²) in [5.41, 5.74) is 0.0685. The van der Waals surface area contributed by atoms with Crippen LogP contribution in [-0.4, -0.2) is 31.1 Å². The van der Waals surface area contributed by atoms with Gasteiger partial charge in [0, 0.05) is 12.6 Å². The summed E-state index contributed by atoms with van der Waals surface area (Å²) in [6.45, 7) is 8.93. The van der Waals surface area contributed by atoms with E-state index in [-0.39, 0.29) is 11.5 Å². The lowest BCUT2D eigenvalue weighted by molar-refractivity contribution is 0.0881. The fourth-order valence-electron chi connectivity index (χ4n) is 1.94. The second-order valence-corrected chi connectivity index (χ2v) is 7.14. The molecule has 1 heterocycles. The van der Waals surface area contributed by atoms with Crippen LogP contribution in [0.3, 0.4) is 0 Å². The zero-order valence-corrected chi connectivity index (χ0v) is 10.4. The van der Waals surface area contributed by atoms with Gasteiger partial charge >= 0.3 is 0 Å². The zero-order chi connectivity index (χ0) is 11.0. The van der Waals surface area contributed by atoms with Crippen LogP contribution in [0, 0.1) is 5.41 Å². The Hall–Kier alpha value is -0.0900. The lowest BCUT2D eigenvalue weighted by Crippen LogP contribution is -2.57. The molecule has 1 atom stereocenters. The molecule has 0 spiro atoms. The maximum Gasteiger partial charge on any atom is 0.214 e. The van der Waals surface area contributed by atoms with Crippen molar-refractivity contribution in [3.63, 3.8) is 0 Å². The van der Waals surface area contributed by atoms with E-state index >= 15 is 0 Å². The summed E-state index contributed by atoms with van der Waals surface area (Å²) in [5, 5.41) is 0. The van der Waals surface area contributed by atoms with Gasteiger partial charge in [0.25, 0.3) is 0 Å². The molecule has 3 nitrogen and oxygen atoms in total. The molecule has 0 N–H and O–H groups in total. The Morgan fingerprint density at radius 1 is 1.36 bits per heavy atom. The first-order chi connectivity index (χ1) is 6.29. The lowest BCUT2D eigenvalue weighted by atomic mass is 9.81. The second kappa shape index (κ2) is 3.81. The summed E-state index contributed by atoms with van der Waals surface area (Å²) < 4.78 is 25.3. The normalized spacial score (nSPS) is 24.7. The molecule has 1 saturated heterocycles. The highest BCUT2D eigenvalue weighted by Crippen LogP contribution is 2.35. The van der Waals surface area contributed by atoms with Gasteiger partial charge in [0.1, 0.15) is 0 Å². The van der Waals surface area contributed by atoms with Crippen molar-refractivity contribution in [1.82, 2.24) is 4.31 Å². The summed E-state index contributed by atoms with van der Waals surface area (Å²) in [7, 11) is -2.97. The predicted octanol–water partition coefficient (Wildman–Crippen LogP) is 1.85. The first kappa shape index (κ1) is 12.0. The summed E-state index contributed by atoms with van der Waals surface area (Å²) >= 11 is 0. The monoisotopic (exact) mass is 219 g/mol. The lowest BCUT2D eigenvalue weighted by Gasteiger charge is -2.47. The molecule has 1 rings (SSSR count). The highest BCUT2D eigenvalue weighted by atomic mass is 32.2. The maximum atomic E-state index is 11.8. The summed E-state index contributed by atoms with van der Waals surface area (Å²) in [4.78, 5) is 0. The van der Waals surface area contributed by atoms with Crippen molar-refractivity contribution >= 4 is 10.0 Å². The minimum Gasteiger partial charge on any atom is -0.212 e. The zero-order valence-electron chi connectivity index (χ0n) is 9.58. The van der Waals surface area contributed by atoms with Crippen molar-refractivity contribution in [3.8, 4) is 0 Å². The Kier molecular flexibility index (Phi) is 3.26. The van der Waals surface area contributed by atoms with Gasteiger partial charge in [0.05, 0.1) is 5.75 Å². The van der Waals surface area contributed by atoms with Gasteiger partial charge in [-0.15, -0.1) is 0 Å². The highest BCUT2D eigenvalue weighted by Gasteiger charge is 2.43. The van der Waals surface area contributed by atoms with Crippen molar-refractivity contribution in [1.29, 1.82) is 0 Å². The van der Waals surface area contributed by atoms with Crippen LogP contribution in [-0.2, 0) is 10.0 Å². The molecule has 0 aromatic carbocycles. The smallest absolute Gasteiger partial charge is 0.212 e. The van der Waals surface area contributed by atoms with E-state index in [1.165, 1.54) is 0 Å². The number of hydrogen-bond acceptors (Lipinski definition) is 2. The van der Waals surface area contributed by atoms with E-state index in [1.807, 2.05) is 6.92 Å². The van der Waals surface area contributed by atoms with E-state index in [9.17, 15) is 8.42 Å². The third-order valence-electron chi connectivity index (χ3n) is 2.79. The summed E-state index contributed by atoms with van der Waals surface area (Å²) in [6, 6.07) is 0.207. The minimum atomic E-state index is -2.97. The second-order valence-electron chi connectivity index (χ2n) is 5.10. The van der Waals surface area contributed by atoms with Gasteiger partial charge in [-0.25, -0.2) is 8.42 Å². The maximum absolute atomic E-state index is 11.8. The number of nitrogens with zero attached hydrogens (tertiary/aromatic N) is 1. The first-order valence-corrected chi connectivity index (χ1v) is 6.89. The standard InChI is InChI=1S/C10H21NO2S/c1-5-8-14(12,13)11-7-6-9(11)10(2,3)4/h9H,5-8H2,1-4H3. The van der Waals surface area contributed by atoms with Crippen LogP contribution in [0.15, 0.2) is 0 Å². The number of sulfonamides is 1. The summed E-state index contributed by atoms with van der Waals surface area (Å²) in [6.07, 6.45) is 1.71. The molecule has 0 aromatic heterocycles. The molecular weight excluding hydrogens is 198 g/mol. The third-order valence-corrected chi connectivity index (χ3v) is 4.87. The molecule has 0 bridgehead atoms. The Bertz CT molecular complexity index is 290. The Morgan fingerprint density at radius 3 is 2.21 bits per heavy atom. The van der Waals surface area contributed by atoms with Gasteiger partial charge in [-0.05, 0) is 18.3 Å². The van der Waals surface area contributed by atoms with Gasteiger partial charge < -0.3 is 0 Å². The molecule has 1 fully saturated rings. The molecule has 14 heavy (non-hydrogen) atoms. The minimum absolute atomic E-state index is 0.0685. The number of rotatable bonds is 3. The van der Waals surface area contributed by atoms with Crippen LogP contribution in [0.2, 0.25) is 0 Å². The molecule has 4 heteroatoms. The Morgan fingerprint density at radius 2 is 1.93 bits per heavy atom. The molecule has 0 aliphatic carbocycles. The molecule has 84 valence electrons. The van der Waals surface area contributed by atoms with E-state index in [0.717, 1.165) is 6.42 Å². The predicted molar refractivity (Wildman–Crippen MR) is 58.6 cm³/mol. The Balaban J connectivity index is 2.73. The van der Waals surface area contributed by atoms with Crippen LogP contribution in [0.4, 0.5) is 0 Å². The van der Waals surface area contributed by atoms with E-state index < -0.39 is 10.0 Å². The van der Waals surface area contributed by atoms with Crippen LogP contribution in [0.25, 0.3) is 0 Å². The van der Waals surface area contributed by atoms with Gasteiger partial charge in [0.2, 0.25) is 10.0 Å². The molecule has 0 radical (unpaired) electrons. The molecular formula is C10H21NO2S. The van der Waals surface area contributed by atoms with E-state index in [1.54, 1.807) is 4.31 Å².